The third-order valence-electron chi connectivity index (χ3n) is 5.85. The van der Waals surface area contributed by atoms with Gasteiger partial charge in [0.25, 0.3) is 0 Å². The molecule has 0 aliphatic carbocycles. The van der Waals surface area contributed by atoms with Crippen molar-refractivity contribution in [1.82, 2.24) is 24.3 Å². The molecule has 5 rings (SSSR count). The summed E-state index contributed by atoms with van der Waals surface area (Å²) in [6, 6.07) is 22.7. The van der Waals surface area contributed by atoms with Gasteiger partial charge in [-0.05, 0) is 74.6 Å². The van der Waals surface area contributed by atoms with Crippen molar-refractivity contribution in [3.05, 3.63) is 102 Å². The maximum Gasteiger partial charge on any atom is 0.223 e. The zero-order valence-electron chi connectivity index (χ0n) is 20.0. The normalized spacial score (nSPS) is 12.3. The van der Waals surface area contributed by atoms with Crippen molar-refractivity contribution in [2.75, 3.05) is 19.4 Å². The van der Waals surface area contributed by atoms with E-state index in [2.05, 4.69) is 46.4 Å². The Morgan fingerprint density at radius 3 is 2.49 bits per heavy atom. The molecule has 0 radical (unpaired) electrons. The maximum absolute atomic E-state index is 13.7. The van der Waals surface area contributed by atoms with E-state index in [1.165, 1.54) is 12.1 Å². The fourth-order valence-electron chi connectivity index (χ4n) is 4.18. The molecule has 2 aromatic carbocycles. The van der Waals surface area contributed by atoms with E-state index in [1.54, 1.807) is 18.3 Å². The first-order chi connectivity index (χ1) is 17.0. The Labute approximate surface area is 204 Å². The zero-order valence-corrected chi connectivity index (χ0v) is 20.0. The van der Waals surface area contributed by atoms with Crippen molar-refractivity contribution in [3.8, 4) is 22.6 Å². The van der Waals surface area contributed by atoms with Gasteiger partial charge in [-0.25, -0.2) is 19.3 Å². The number of hydrogen-bond donors (Lipinski definition) is 1. The Bertz CT molecular complexity index is 1440. The first-order valence-electron chi connectivity index (χ1n) is 11.5. The predicted octanol–water partition coefficient (Wildman–Crippen LogP) is 5.83. The number of imidazole rings is 1. The monoisotopic (exact) mass is 466 g/mol. The molecule has 1 N–H and O–H groups in total. The average Bonchev–Trinajstić information content (AvgIpc) is 3.23. The number of rotatable bonds is 7. The van der Waals surface area contributed by atoms with Crippen LogP contribution in [0.5, 0.6) is 0 Å². The maximum atomic E-state index is 13.7. The van der Waals surface area contributed by atoms with Crippen molar-refractivity contribution in [2.24, 2.45) is 0 Å². The lowest BCUT2D eigenvalue weighted by Crippen LogP contribution is -2.11. The molecule has 0 aliphatic heterocycles. The molecule has 176 valence electrons. The van der Waals surface area contributed by atoms with E-state index in [9.17, 15) is 4.39 Å². The van der Waals surface area contributed by atoms with Gasteiger partial charge in [-0.2, -0.15) is 0 Å². The van der Waals surface area contributed by atoms with E-state index in [0.717, 1.165) is 46.0 Å². The van der Waals surface area contributed by atoms with Crippen molar-refractivity contribution in [2.45, 2.75) is 19.5 Å². The molecule has 35 heavy (non-hydrogen) atoms. The topological polar surface area (TPSA) is 58.4 Å². The van der Waals surface area contributed by atoms with E-state index < -0.39 is 0 Å². The highest BCUT2D eigenvalue weighted by Crippen LogP contribution is 2.33. The lowest BCUT2D eigenvalue weighted by Gasteiger charge is -2.15. The molecule has 6 nitrogen and oxygen atoms in total. The number of benzene rings is 2. The average molecular weight is 467 g/mol. The van der Waals surface area contributed by atoms with Gasteiger partial charge < -0.3 is 10.2 Å². The molecule has 0 saturated heterocycles. The number of fused-ring (bicyclic) bond motifs is 1. The first-order valence-corrected chi connectivity index (χ1v) is 11.5. The van der Waals surface area contributed by atoms with Crippen molar-refractivity contribution < 1.29 is 4.39 Å². The highest BCUT2D eigenvalue weighted by molar-refractivity contribution is 5.80. The minimum absolute atomic E-state index is 0.0406. The van der Waals surface area contributed by atoms with Gasteiger partial charge in [-0.1, -0.05) is 30.3 Å². The molecule has 0 unspecified atom stereocenters. The van der Waals surface area contributed by atoms with E-state index in [4.69, 9.17) is 9.97 Å². The molecule has 1 atom stereocenters. The van der Waals surface area contributed by atoms with Crippen LogP contribution in [-0.4, -0.2) is 38.3 Å². The largest absolute Gasteiger partial charge is 0.348 e. The molecule has 0 fully saturated rings. The van der Waals surface area contributed by atoms with Crippen LogP contribution in [0.25, 0.3) is 28.3 Å². The number of anilines is 1. The van der Waals surface area contributed by atoms with Gasteiger partial charge in [0.15, 0.2) is 0 Å². The summed E-state index contributed by atoms with van der Waals surface area (Å²) in [4.78, 5) is 16.3. The fourth-order valence-corrected chi connectivity index (χ4v) is 4.18. The number of nitrogens with zero attached hydrogens (tertiary/aromatic N) is 5. The van der Waals surface area contributed by atoms with Crippen molar-refractivity contribution >= 4 is 11.6 Å². The molecule has 0 spiro atoms. The Kier molecular flexibility index (Phi) is 6.25. The second kappa shape index (κ2) is 9.64. The molecule has 3 heterocycles. The summed E-state index contributed by atoms with van der Waals surface area (Å²) in [5.41, 5.74) is 6.25. The molecule has 0 amide bonds. The van der Waals surface area contributed by atoms with Crippen LogP contribution in [-0.2, 0) is 6.54 Å². The summed E-state index contributed by atoms with van der Waals surface area (Å²) in [5, 5.41) is 3.40. The zero-order chi connectivity index (χ0) is 24.4. The Hall–Kier alpha value is -4.10. The predicted molar refractivity (Wildman–Crippen MR) is 137 cm³/mol. The Morgan fingerprint density at radius 1 is 0.971 bits per heavy atom. The fraction of sp³-hybridized carbons (Fsp3) is 0.179. The molecule has 5 aromatic rings. The van der Waals surface area contributed by atoms with Crippen LogP contribution in [0, 0.1) is 5.82 Å². The summed E-state index contributed by atoms with van der Waals surface area (Å²) >= 11 is 0. The van der Waals surface area contributed by atoms with Crippen LogP contribution in [0.1, 0.15) is 24.1 Å². The lowest BCUT2D eigenvalue weighted by atomic mass is 10.1. The highest BCUT2D eigenvalue weighted by atomic mass is 19.1. The first kappa shape index (κ1) is 22.7. The number of nitrogens with one attached hydrogen (secondary N) is 1. The summed E-state index contributed by atoms with van der Waals surface area (Å²) in [7, 11) is 4.08. The lowest BCUT2D eigenvalue weighted by molar-refractivity contribution is 0.402. The van der Waals surface area contributed by atoms with E-state index in [0.29, 0.717) is 5.95 Å². The van der Waals surface area contributed by atoms with Crippen molar-refractivity contribution in [1.29, 1.82) is 0 Å². The SMILES string of the molecule is C[C@H](Nc1nccc(-c2c(-c3ccc(F)cc3)nc3cc(CN(C)C)ccn23)n1)c1ccccc1. The standard InChI is InChI=1S/C28H27FN6/c1-19(21-7-5-4-6-8-21)31-28-30-15-13-24(32-28)27-26(22-9-11-23(29)12-10-22)33-25-17-20(18-34(2)3)14-16-35(25)27/h4-17,19H,18H2,1-3H3,(H,30,31,32)/t19-/m0/s1. The number of aromatic nitrogens is 4. The molecule has 0 saturated carbocycles. The minimum atomic E-state index is -0.282. The van der Waals surface area contributed by atoms with Crippen LogP contribution in [0.15, 0.2) is 85.2 Å². The van der Waals surface area contributed by atoms with Gasteiger partial charge in [0.2, 0.25) is 5.95 Å². The third kappa shape index (κ3) is 4.90. The van der Waals surface area contributed by atoms with Gasteiger partial charge in [0.1, 0.15) is 11.5 Å². The molecule has 3 aromatic heterocycles. The van der Waals surface area contributed by atoms with Crippen LogP contribution in [0.3, 0.4) is 0 Å². The van der Waals surface area contributed by atoms with Gasteiger partial charge in [0.05, 0.1) is 23.1 Å². The summed E-state index contributed by atoms with van der Waals surface area (Å²) in [6.45, 7) is 2.89. The van der Waals surface area contributed by atoms with E-state index >= 15 is 0 Å². The number of pyridine rings is 1. The molecule has 0 aliphatic rings. The van der Waals surface area contributed by atoms with Gasteiger partial charge in [-0.15, -0.1) is 0 Å². The van der Waals surface area contributed by atoms with Crippen LogP contribution in [0.4, 0.5) is 10.3 Å². The number of halogens is 1. The molecular weight excluding hydrogens is 439 g/mol. The third-order valence-corrected chi connectivity index (χ3v) is 5.85. The molecule has 0 bridgehead atoms. The smallest absolute Gasteiger partial charge is 0.223 e. The van der Waals surface area contributed by atoms with Crippen LogP contribution >= 0.6 is 0 Å². The Balaban J connectivity index is 1.60. The highest BCUT2D eigenvalue weighted by Gasteiger charge is 2.19. The van der Waals surface area contributed by atoms with Crippen LogP contribution in [0.2, 0.25) is 0 Å². The summed E-state index contributed by atoms with van der Waals surface area (Å²) in [5.74, 6) is 0.249. The summed E-state index contributed by atoms with van der Waals surface area (Å²) in [6.07, 6.45) is 3.77. The van der Waals surface area contributed by atoms with Crippen LogP contribution < -0.4 is 5.32 Å². The quantitative estimate of drug-likeness (QED) is 0.327. The second-order valence-electron chi connectivity index (χ2n) is 8.86. The summed E-state index contributed by atoms with van der Waals surface area (Å²) < 4.78 is 15.7. The Morgan fingerprint density at radius 2 is 1.74 bits per heavy atom. The minimum Gasteiger partial charge on any atom is -0.348 e. The number of hydrogen-bond acceptors (Lipinski definition) is 5. The van der Waals surface area contributed by atoms with E-state index in [-0.39, 0.29) is 11.9 Å². The van der Waals surface area contributed by atoms with Gasteiger partial charge in [-0.3, -0.25) is 4.40 Å². The van der Waals surface area contributed by atoms with Crippen molar-refractivity contribution in [3.63, 3.8) is 0 Å². The van der Waals surface area contributed by atoms with E-state index in [1.807, 2.05) is 49.0 Å². The molecule has 7 heteroatoms. The molecular formula is C28H27FN6. The second-order valence-corrected chi connectivity index (χ2v) is 8.86. The van der Waals surface area contributed by atoms with Gasteiger partial charge >= 0.3 is 0 Å². The van der Waals surface area contributed by atoms with Gasteiger partial charge in [0, 0.05) is 24.5 Å².